The molecule has 0 saturated heterocycles. The highest BCUT2D eigenvalue weighted by molar-refractivity contribution is 7.09. The summed E-state index contributed by atoms with van der Waals surface area (Å²) in [5.74, 6) is 0.455. The number of hydrogen-bond donors (Lipinski definition) is 1. The number of aromatic nitrogens is 1. The lowest BCUT2D eigenvalue weighted by atomic mass is 9.47. The van der Waals surface area contributed by atoms with E-state index in [9.17, 15) is 14.0 Å². The zero-order valence-corrected chi connectivity index (χ0v) is 20.3. The molecule has 4 aliphatic rings. The zero-order chi connectivity index (χ0) is 22.8. The summed E-state index contributed by atoms with van der Waals surface area (Å²) < 4.78 is 14.6. The van der Waals surface area contributed by atoms with Crippen LogP contribution in [-0.2, 0) is 16.1 Å². The van der Waals surface area contributed by atoms with Gasteiger partial charge in [0.2, 0.25) is 5.91 Å². The third kappa shape index (κ3) is 3.17. The molecular formula is C25H34FN3O2S. The second-order valence-corrected chi connectivity index (χ2v) is 12.0. The molecule has 1 N–H and O–H groups in total. The van der Waals surface area contributed by atoms with Crippen LogP contribution in [0.25, 0.3) is 0 Å². The van der Waals surface area contributed by atoms with Crippen LogP contribution in [0.15, 0.2) is 17.3 Å². The molecule has 0 aromatic carbocycles. The summed E-state index contributed by atoms with van der Waals surface area (Å²) in [6.45, 7) is 6.96. The molecule has 0 spiro atoms. The third-order valence-corrected chi connectivity index (χ3v) is 10.5. The van der Waals surface area contributed by atoms with E-state index >= 15 is 0 Å². The molecule has 32 heavy (non-hydrogen) atoms. The van der Waals surface area contributed by atoms with Crippen LogP contribution in [0.5, 0.6) is 0 Å². The predicted molar refractivity (Wildman–Crippen MR) is 122 cm³/mol. The van der Waals surface area contributed by atoms with Crippen molar-refractivity contribution in [3.63, 3.8) is 0 Å². The van der Waals surface area contributed by atoms with Gasteiger partial charge in [-0.15, -0.1) is 11.3 Å². The monoisotopic (exact) mass is 459 g/mol. The average molecular weight is 460 g/mol. The second kappa shape index (κ2) is 7.64. The van der Waals surface area contributed by atoms with Crippen LogP contribution in [0, 0.1) is 41.4 Å². The molecule has 2 heterocycles. The highest BCUT2D eigenvalue weighted by Crippen LogP contribution is 2.65. The SMILES string of the molecule is Cc1csc(CNC(=O)[C@H]2CC[C@H]3C4CC[C@H]5N(C)C(=O)C(F)=C[C@]5(C)C4CC[C@]23C)n1. The standard InChI is InChI=1S/C25H34FN3O2S/c1-14-13-32-21(28-14)12-27-22(30)18-7-6-16-15-5-8-20-25(3,11-19(26)23(31)29(20)4)17(15)9-10-24(16,18)2/h11,13,15-18,20H,5-10,12H2,1-4H3,(H,27,30)/t15?,16-,17?,18+,20+,24-,25+/m0/s1. The number of hydrogen-bond acceptors (Lipinski definition) is 4. The normalized spacial score (nSPS) is 40.9. The van der Waals surface area contributed by atoms with Crippen molar-refractivity contribution in [3.8, 4) is 0 Å². The molecule has 2 unspecified atom stereocenters. The van der Waals surface area contributed by atoms with Gasteiger partial charge in [-0.25, -0.2) is 9.37 Å². The first-order valence-corrected chi connectivity index (χ1v) is 12.9. The summed E-state index contributed by atoms with van der Waals surface area (Å²) in [7, 11) is 1.75. The molecular weight excluding hydrogens is 425 g/mol. The van der Waals surface area contributed by atoms with Crippen LogP contribution in [0.2, 0.25) is 0 Å². The van der Waals surface area contributed by atoms with E-state index in [0.29, 0.717) is 24.3 Å². The molecule has 0 bridgehead atoms. The average Bonchev–Trinajstić information content (AvgIpc) is 3.32. The van der Waals surface area contributed by atoms with E-state index in [4.69, 9.17) is 0 Å². The molecule has 0 radical (unpaired) electrons. The van der Waals surface area contributed by atoms with E-state index in [1.807, 2.05) is 12.3 Å². The van der Waals surface area contributed by atoms with Crippen molar-refractivity contribution in [3.05, 3.63) is 28.0 Å². The van der Waals surface area contributed by atoms with Gasteiger partial charge in [-0.2, -0.15) is 0 Å². The Labute approximate surface area is 193 Å². The van der Waals surface area contributed by atoms with Crippen molar-refractivity contribution in [2.75, 3.05) is 7.05 Å². The largest absolute Gasteiger partial charge is 0.349 e. The topological polar surface area (TPSA) is 62.3 Å². The lowest BCUT2D eigenvalue weighted by Gasteiger charge is -2.60. The van der Waals surface area contributed by atoms with E-state index in [1.165, 1.54) is 0 Å². The number of rotatable bonds is 3. The maximum absolute atomic E-state index is 14.6. The Bertz CT molecular complexity index is 976. The minimum absolute atomic E-state index is 0.00805. The van der Waals surface area contributed by atoms with Crippen LogP contribution in [-0.4, -0.2) is 34.8 Å². The smallest absolute Gasteiger partial charge is 0.282 e. The van der Waals surface area contributed by atoms with E-state index < -0.39 is 11.7 Å². The first-order valence-electron chi connectivity index (χ1n) is 12.0. The van der Waals surface area contributed by atoms with Gasteiger partial charge in [0.25, 0.3) is 5.91 Å². The first-order chi connectivity index (χ1) is 15.1. The molecule has 3 fully saturated rings. The minimum Gasteiger partial charge on any atom is -0.349 e. The van der Waals surface area contributed by atoms with E-state index in [2.05, 4.69) is 24.1 Å². The summed E-state index contributed by atoms with van der Waals surface area (Å²) in [6.07, 6.45) is 7.59. The van der Waals surface area contributed by atoms with Gasteiger partial charge in [-0.3, -0.25) is 9.59 Å². The number of amides is 2. The van der Waals surface area contributed by atoms with Gasteiger partial charge in [0.15, 0.2) is 5.83 Å². The van der Waals surface area contributed by atoms with E-state index in [0.717, 1.165) is 49.2 Å². The number of carbonyl (C=O) groups is 2. The van der Waals surface area contributed by atoms with Gasteiger partial charge in [-0.05, 0) is 74.7 Å². The van der Waals surface area contributed by atoms with Crippen LogP contribution in [0.4, 0.5) is 4.39 Å². The van der Waals surface area contributed by atoms with Crippen molar-refractivity contribution in [2.45, 2.75) is 71.9 Å². The summed E-state index contributed by atoms with van der Waals surface area (Å²) in [4.78, 5) is 31.6. The fourth-order valence-electron chi connectivity index (χ4n) is 8.03. The summed E-state index contributed by atoms with van der Waals surface area (Å²) in [5, 5.41) is 6.13. The summed E-state index contributed by atoms with van der Waals surface area (Å²) >= 11 is 1.59. The molecule has 5 nitrogen and oxygen atoms in total. The van der Waals surface area contributed by atoms with Crippen molar-refractivity contribution >= 4 is 23.2 Å². The van der Waals surface area contributed by atoms with Crippen molar-refractivity contribution < 1.29 is 14.0 Å². The predicted octanol–water partition coefficient (Wildman–Crippen LogP) is 4.62. The molecule has 1 aliphatic heterocycles. The van der Waals surface area contributed by atoms with Gasteiger partial charge in [-0.1, -0.05) is 13.8 Å². The molecule has 5 rings (SSSR count). The Morgan fingerprint density at radius 1 is 1.25 bits per heavy atom. The fraction of sp³-hybridized carbons (Fsp3) is 0.720. The number of nitrogens with zero attached hydrogens (tertiary/aromatic N) is 2. The summed E-state index contributed by atoms with van der Waals surface area (Å²) in [5.41, 5.74) is 0.668. The molecule has 174 valence electrons. The fourth-order valence-corrected chi connectivity index (χ4v) is 8.74. The molecule has 3 saturated carbocycles. The number of nitrogens with one attached hydrogen (secondary N) is 1. The first kappa shape index (κ1) is 22.1. The van der Waals surface area contributed by atoms with Gasteiger partial charge in [0.05, 0.1) is 6.54 Å². The minimum atomic E-state index is -0.596. The van der Waals surface area contributed by atoms with Gasteiger partial charge in [0.1, 0.15) is 5.01 Å². The Hall–Kier alpha value is -1.76. The maximum Gasteiger partial charge on any atom is 0.282 e. The molecule has 7 heteroatoms. The third-order valence-electron chi connectivity index (χ3n) is 9.55. The number of thiazole rings is 1. The molecule has 3 aliphatic carbocycles. The molecule has 2 amide bonds. The number of aryl methyl sites for hydroxylation is 1. The Morgan fingerprint density at radius 2 is 2.03 bits per heavy atom. The Kier molecular flexibility index (Phi) is 5.27. The Balaban J connectivity index is 1.34. The van der Waals surface area contributed by atoms with Crippen LogP contribution in [0.1, 0.15) is 63.1 Å². The number of likely N-dealkylation sites (N-methyl/N-ethyl adjacent to an activating group) is 1. The molecule has 1 aromatic heterocycles. The number of carbonyl (C=O) groups excluding carboxylic acids is 2. The van der Waals surface area contributed by atoms with Gasteiger partial charge in [0, 0.05) is 35.5 Å². The van der Waals surface area contributed by atoms with Crippen molar-refractivity contribution in [1.29, 1.82) is 0 Å². The van der Waals surface area contributed by atoms with Gasteiger partial charge < -0.3 is 10.2 Å². The van der Waals surface area contributed by atoms with Crippen molar-refractivity contribution in [1.82, 2.24) is 15.2 Å². The van der Waals surface area contributed by atoms with E-state index in [-0.39, 0.29) is 28.7 Å². The number of fused-ring (bicyclic) bond motifs is 5. The second-order valence-electron chi connectivity index (χ2n) is 11.0. The molecule has 1 aromatic rings. The lowest BCUT2D eigenvalue weighted by Crippen LogP contribution is -2.60. The lowest BCUT2D eigenvalue weighted by molar-refractivity contribution is -0.145. The van der Waals surface area contributed by atoms with Crippen LogP contribution < -0.4 is 5.32 Å². The maximum atomic E-state index is 14.6. The number of halogens is 1. The quantitative estimate of drug-likeness (QED) is 0.717. The summed E-state index contributed by atoms with van der Waals surface area (Å²) in [6, 6.07) is 0.0716. The zero-order valence-electron chi connectivity index (χ0n) is 19.5. The van der Waals surface area contributed by atoms with Crippen molar-refractivity contribution in [2.24, 2.45) is 34.5 Å². The van der Waals surface area contributed by atoms with Crippen LogP contribution >= 0.6 is 11.3 Å². The highest BCUT2D eigenvalue weighted by atomic mass is 32.1. The van der Waals surface area contributed by atoms with Gasteiger partial charge >= 0.3 is 0 Å². The van der Waals surface area contributed by atoms with Crippen LogP contribution in [0.3, 0.4) is 0 Å². The molecule has 7 atom stereocenters. The highest BCUT2D eigenvalue weighted by Gasteiger charge is 2.62. The Morgan fingerprint density at radius 3 is 2.75 bits per heavy atom. The van der Waals surface area contributed by atoms with E-state index in [1.54, 1.807) is 29.4 Å².